The number of phenolic OH excluding ortho intramolecular Hbond substituents is 1. The van der Waals surface area contributed by atoms with E-state index in [0.29, 0.717) is 17.3 Å². The molecule has 4 aromatic rings. The largest absolute Gasteiger partial charge is 0.508 e. The molecule has 0 aliphatic heterocycles. The van der Waals surface area contributed by atoms with Crippen molar-refractivity contribution in [2.45, 2.75) is 13.8 Å². The van der Waals surface area contributed by atoms with E-state index in [1.54, 1.807) is 18.5 Å². The fourth-order valence-electron chi connectivity index (χ4n) is 3.90. The number of anilines is 1. The molecule has 0 saturated carbocycles. The molecule has 0 amide bonds. The SMILES string of the molecule is CCN(CC)CCNCCNc1ccc2ncn3c4ccc(O)cc4c(=O)c1c23. The first kappa shape index (κ1) is 19.4. The van der Waals surface area contributed by atoms with E-state index < -0.39 is 0 Å². The second kappa shape index (κ2) is 8.23. The summed E-state index contributed by atoms with van der Waals surface area (Å²) in [5.41, 5.74) is 3.05. The van der Waals surface area contributed by atoms with Gasteiger partial charge in [0.1, 0.15) is 12.1 Å². The van der Waals surface area contributed by atoms with Crippen LogP contribution in [0, 0.1) is 0 Å². The van der Waals surface area contributed by atoms with Gasteiger partial charge in [-0.15, -0.1) is 0 Å². The molecule has 0 unspecified atom stereocenters. The third-order valence-corrected chi connectivity index (χ3v) is 5.54. The van der Waals surface area contributed by atoms with Gasteiger partial charge in [0.25, 0.3) is 0 Å². The van der Waals surface area contributed by atoms with Crippen LogP contribution < -0.4 is 16.1 Å². The first-order chi connectivity index (χ1) is 14.1. The molecule has 0 fully saturated rings. The van der Waals surface area contributed by atoms with E-state index in [2.05, 4.69) is 34.4 Å². The number of benzene rings is 2. The molecule has 3 N–H and O–H groups in total. The van der Waals surface area contributed by atoms with Crippen LogP contribution in [0.15, 0.2) is 41.5 Å². The van der Waals surface area contributed by atoms with Gasteiger partial charge < -0.3 is 20.6 Å². The number of nitrogens with zero attached hydrogens (tertiary/aromatic N) is 3. The van der Waals surface area contributed by atoms with Gasteiger partial charge in [0.2, 0.25) is 0 Å². The van der Waals surface area contributed by atoms with Gasteiger partial charge in [-0.2, -0.15) is 0 Å². The number of rotatable bonds is 9. The lowest BCUT2D eigenvalue weighted by Crippen LogP contribution is -2.33. The Morgan fingerprint density at radius 3 is 2.72 bits per heavy atom. The summed E-state index contributed by atoms with van der Waals surface area (Å²) >= 11 is 0. The lowest BCUT2D eigenvalue weighted by Gasteiger charge is -2.18. The van der Waals surface area contributed by atoms with Crippen molar-refractivity contribution >= 4 is 33.0 Å². The van der Waals surface area contributed by atoms with Gasteiger partial charge in [-0.25, -0.2) is 4.98 Å². The minimum absolute atomic E-state index is 0.0831. The summed E-state index contributed by atoms with van der Waals surface area (Å²) in [6.45, 7) is 9.96. The van der Waals surface area contributed by atoms with Crippen LogP contribution in [0.2, 0.25) is 0 Å². The molecular weight excluding hydrogens is 366 g/mol. The summed E-state index contributed by atoms with van der Waals surface area (Å²) in [6, 6.07) is 8.72. The Morgan fingerprint density at radius 1 is 1.10 bits per heavy atom. The van der Waals surface area contributed by atoms with Crippen molar-refractivity contribution in [1.82, 2.24) is 19.6 Å². The fourth-order valence-corrected chi connectivity index (χ4v) is 3.90. The third-order valence-electron chi connectivity index (χ3n) is 5.54. The number of likely N-dealkylation sites (N-methyl/N-ethyl adjacent to an activating group) is 1. The van der Waals surface area contributed by atoms with Gasteiger partial charge in [-0.05, 0) is 43.4 Å². The Balaban J connectivity index is 1.58. The summed E-state index contributed by atoms with van der Waals surface area (Å²) in [7, 11) is 0. The number of fused-ring (bicyclic) bond motifs is 2. The monoisotopic (exact) mass is 393 g/mol. The van der Waals surface area contributed by atoms with Crippen LogP contribution in [0.4, 0.5) is 5.69 Å². The van der Waals surface area contributed by atoms with Crippen molar-refractivity contribution in [3.63, 3.8) is 0 Å². The molecule has 2 heterocycles. The maximum Gasteiger partial charge on any atom is 0.199 e. The smallest absolute Gasteiger partial charge is 0.199 e. The van der Waals surface area contributed by atoms with Gasteiger partial charge >= 0.3 is 0 Å². The highest BCUT2D eigenvalue weighted by molar-refractivity contribution is 6.07. The summed E-state index contributed by atoms with van der Waals surface area (Å²) in [6.07, 6.45) is 1.73. The molecule has 0 radical (unpaired) electrons. The lowest BCUT2D eigenvalue weighted by molar-refractivity contribution is 0.303. The number of nitrogens with one attached hydrogen (secondary N) is 2. The molecule has 0 aliphatic rings. The van der Waals surface area contributed by atoms with Crippen LogP contribution in [0.5, 0.6) is 5.75 Å². The number of aromatic hydroxyl groups is 1. The highest BCUT2D eigenvalue weighted by Gasteiger charge is 2.16. The Labute approximate surface area is 169 Å². The van der Waals surface area contributed by atoms with E-state index in [0.717, 1.165) is 55.0 Å². The Hall–Kier alpha value is -2.90. The predicted octanol–water partition coefficient (Wildman–Crippen LogP) is 2.49. The zero-order valence-corrected chi connectivity index (χ0v) is 16.9. The average molecular weight is 393 g/mol. The molecule has 0 spiro atoms. The van der Waals surface area contributed by atoms with E-state index in [1.807, 2.05) is 16.5 Å². The summed E-state index contributed by atoms with van der Waals surface area (Å²) in [4.78, 5) is 20.1. The number of pyridine rings is 1. The summed E-state index contributed by atoms with van der Waals surface area (Å²) < 4.78 is 1.92. The number of hydrogen-bond donors (Lipinski definition) is 3. The third kappa shape index (κ3) is 3.59. The molecule has 2 aromatic carbocycles. The van der Waals surface area contributed by atoms with E-state index >= 15 is 0 Å². The van der Waals surface area contributed by atoms with Gasteiger partial charge in [0, 0.05) is 31.9 Å². The lowest BCUT2D eigenvalue weighted by atomic mass is 10.1. The van der Waals surface area contributed by atoms with Crippen LogP contribution >= 0.6 is 0 Å². The normalized spacial score (nSPS) is 12.0. The Morgan fingerprint density at radius 2 is 1.93 bits per heavy atom. The number of hydrogen-bond acceptors (Lipinski definition) is 6. The average Bonchev–Trinajstić information content (AvgIpc) is 3.16. The van der Waals surface area contributed by atoms with Crippen molar-refractivity contribution in [2.24, 2.45) is 0 Å². The van der Waals surface area contributed by atoms with Crippen LogP contribution in [0.3, 0.4) is 0 Å². The second-order valence-electron chi connectivity index (χ2n) is 7.20. The molecule has 7 nitrogen and oxygen atoms in total. The van der Waals surface area contributed by atoms with Crippen molar-refractivity contribution in [2.75, 3.05) is 44.6 Å². The van der Waals surface area contributed by atoms with Crippen molar-refractivity contribution in [3.05, 3.63) is 46.9 Å². The van der Waals surface area contributed by atoms with Gasteiger partial charge in [-0.3, -0.25) is 9.20 Å². The highest BCUT2D eigenvalue weighted by atomic mass is 16.3. The van der Waals surface area contributed by atoms with Gasteiger partial charge in [-0.1, -0.05) is 13.8 Å². The molecular formula is C22H27N5O2. The minimum Gasteiger partial charge on any atom is -0.508 e. The van der Waals surface area contributed by atoms with E-state index in [-0.39, 0.29) is 11.2 Å². The van der Waals surface area contributed by atoms with Crippen LogP contribution in [-0.2, 0) is 0 Å². The molecule has 0 aliphatic carbocycles. The van der Waals surface area contributed by atoms with Crippen molar-refractivity contribution < 1.29 is 5.11 Å². The molecule has 4 rings (SSSR count). The molecule has 0 atom stereocenters. The topological polar surface area (TPSA) is 81.9 Å². The standard InChI is InChI=1S/C22H27N5O2/c1-3-26(4-2)12-11-23-9-10-24-17-6-7-18-21-20(17)22(29)16-13-15(28)5-8-19(16)27(21)14-25-18/h5-8,13-14,23-24,28H,3-4,9-12H2,1-2H3. The van der Waals surface area contributed by atoms with Crippen LogP contribution in [-0.4, -0.2) is 58.7 Å². The highest BCUT2D eigenvalue weighted by Crippen LogP contribution is 2.29. The fraction of sp³-hybridized carbons (Fsp3) is 0.364. The Kier molecular flexibility index (Phi) is 5.51. The first-order valence-corrected chi connectivity index (χ1v) is 10.2. The zero-order valence-electron chi connectivity index (χ0n) is 16.9. The van der Waals surface area contributed by atoms with Gasteiger partial charge in [0.05, 0.1) is 27.3 Å². The molecule has 0 bridgehead atoms. The number of phenols is 1. The van der Waals surface area contributed by atoms with E-state index in [1.165, 1.54) is 6.07 Å². The van der Waals surface area contributed by atoms with Crippen molar-refractivity contribution in [1.29, 1.82) is 0 Å². The summed E-state index contributed by atoms with van der Waals surface area (Å²) in [5.74, 6) is 0.0831. The predicted molar refractivity (Wildman–Crippen MR) is 118 cm³/mol. The quantitative estimate of drug-likeness (QED) is 0.299. The summed E-state index contributed by atoms with van der Waals surface area (Å²) in [5, 5.41) is 17.8. The molecule has 29 heavy (non-hydrogen) atoms. The van der Waals surface area contributed by atoms with E-state index in [9.17, 15) is 9.90 Å². The maximum absolute atomic E-state index is 13.2. The minimum atomic E-state index is -0.0912. The number of aromatic nitrogens is 2. The molecule has 7 heteroatoms. The van der Waals surface area contributed by atoms with E-state index in [4.69, 9.17) is 0 Å². The molecule has 2 aromatic heterocycles. The molecule has 0 saturated heterocycles. The van der Waals surface area contributed by atoms with Crippen LogP contribution in [0.25, 0.3) is 27.3 Å². The first-order valence-electron chi connectivity index (χ1n) is 10.2. The van der Waals surface area contributed by atoms with Gasteiger partial charge in [0.15, 0.2) is 5.43 Å². The van der Waals surface area contributed by atoms with Crippen LogP contribution in [0.1, 0.15) is 13.8 Å². The molecule has 152 valence electrons. The Bertz CT molecular complexity index is 1180. The number of imidazole rings is 1. The second-order valence-corrected chi connectivity index (χ2v) is 7.20. The maximum atomic E-state index is 13.2. The zero-order chi connectivity index (χ0) is 20.4. The van der Waals surface area contributed by atoms with Crippen molar-refractivity contribution in [3.8, 4) is 5.75 Å².